The summed E-state index contributed by atoms with van der Waals surface area (Å²) in [5, 5.41) is 15.3. The lowest BCUT2D eigenvalue weighted by Crippen LogP contribution is -2.47. The molecule has 0 spiro atoms. The number of benzene rings is 1. The van der Waals surface area contributed by atoms with Crippen molar-refractivity contribution in [3.8, 4) is 0 Å². The number of rotatable bonds is 6. The van der Waals surface area contributed by atoms with Gasteiger partial charge in [0.15, 0.2) is 0 Å². The Morgan fingerprint density at radius 3 is 2.46 bits per heavy atom. The highest BCUT2D eigenvalue weighted by Gasteiger charge is 2.24. The van der Waals surface area contributed by atoms with Crippen LogP contribution >= 0.6 is 0 Å². The van der Waals surface area contributed by atoms with Crippen LogP contribution in [0.5, 0.6) is 0 Å². The lowest BCUT2D eigenvalue weighted by Gasteiger charge is -2.23. The van der Waals surface area contributed by atoms with E-state index < -0.39 is 12.1 Å². The first-order valence-electron chi connectivity index (χ1n) is 8.49. The summed E-state index contributed by atoms with van der Waals surface area (Å²) in [7, 11) is 0. The summed E-state index contributed by atoms with van der Waals surface area (Å²) < 4.78 is 12.9. The van der Waals surface area contributed by atoms with Crippen LogP contribution in [-0.2, 0) is 9.59 Å². The number of carbonyl (C=O) groups excluding carboxylic acids is 2. The number of hydrogen-bond donors (Lipinski definition) is 3. The molecule has 0 heterocycles. The highest BCUT2D eigenvalue weighted by atomic mass is 19.1. The fourth-order valence-corrected chi connectivity index (χ4v) is 2.91. The molecule has 1 aromatic rings. The molecule has 5 nitrogen and oxygen atoms in total. The lowest BCUT2D eigenvalue weighted by molar-refractivity contribution is -0.131. The van der Waals surface area contributed by atoms with Crippen molar-refractivity contribution >= 4 is 11.8 Å². The summed E-state index contributed by atoms with van der Waals surface area (Å²) in [5.41, 5.74) is 0.524. The SMILES string of the molecule is CC(NC(=O)C1CCCCC1)C(=O)NCC(O)c1ccc(F)cc1. The second-order valence-electron chi connectivity index (χ2n) is 6.38. The number of amides is 2. The van der Waals surface area contributed by atoms with Crippen LogP contribution < -0.4 is 10.6 Å². The fourth-order valence-electron chi connectivity index (χ4n) is 2.91. The summed E-state index contributed by atoms with van der Waals surface area (Å²) >= 11 is 0. The molecule has 0 bridgehead atoms. The molecule has 1 aromatic carbocycles. The van der Waals surface area contributed by atoms with Crippen LogP contribution in [0.3, 0.4) is 0 Å². The molecule has 24 heavy (non-hydrogen) atoms. The van der Waals surface area contributed by atoms with Gasteiger partial charge in [-0.05, 0) is 37.5 Å². The third-order valence-electron chi connectivity index (χ3n) is 4.45. The summed E-state index contributed by atoms with van der Waals surface area (Å²) in [4.78, 5) is 24.2. The zero-order valence-electron chi connectivity index (χ0n) is 13.9. The maximum absolute atomic E-state index is 12.9. The minimum atomic E-state index is -0.921. The van der Waals surface area contributed by atoms with Gasteiger partial charge >= 0.3 is 0 Å². The van der Waals surface area contributed by atoms with Gasteiger partial charge < -0.3 is 15.7 Å². The Kier molecular flexibility index (Phi) is 6.73. The Balaban J connectivity index is 1.76. The molecule has 1 aliphatic rings. The molecule has 0 saturated heterocycles. The second-order valence-corrected chi connectivity index (χ2v) is 6.38. The number of aliphatic hydroxyl groups is 1. The maximum atomic E-state index is 12.9. The zero-order valence-corrected chi connectivity index (χ0v) is 13.9. The molecule has 1 aliphatic carbocycles. The first kappa shape index (κ1) is 18.4. The van der Waals surface area contributed by atoms with E-state index in [1.54, 1.807) is 6.92 Å². The molecular weight excluding hydrogens is 311 g/mol. The number of hydrogen-bond acceptors (Lipinski definition) is 3. The van der Waals surface area contributed by atoms with Crippen molar-refractivity contribution in [2.75, 3.05) is 6.54 Å². The molecule has 2 unspecified atom stereocenters. The molecule has 2 amide bonds. The van der Waals surface area contributed by atoms with Crippen molar-refractivity contribution in [2.45, 2.75) is 51.2 Å². The smallest absolute Gasteiger partial charge is 0.242 e. The molecule has 1 saturated carbocycles. The van der Waals surface area contributed by atoms with Crippen molar-refractivity contribution in [3.05, 3.63) is 35.6 Å². The van der Waals surface area contributed by atoms with Crippen molar-refractivity contribution in [1.82, 2.24) is 10.6 Å². The quantitative estimate of drug-likeness (QED) is 0.744. The molecule has 1 fully saturated rings. The van der Waals surface area contributed by atoms with Crippen LogP contribution in [0.2, 0.25) is 0 Å². The highest BCUT2D eigenvalue weighted by Crippen LogP contribution is 2.23. The van der Waals surface area contributed by atoms with Crippen LogP contribution in [0.4, 0.5) is 4.39 Å². The van der Waals surface area contributed by atoms with Crippen LogP contribution in [-0.4, -0.2) is 29.5 Å². The van der Waals surface area contributed by atoms with Crippen LogP contribution in [0.25, 0.3) is 0 Å². The van der Waals surface area contributed by atoms with E-state index in [0.717, 1.165) is 25.7 Å². The first-order chi connectivity index (χ1) is 11.5. The van der Waals surface area contributed by atoms with E-state index >= 15 is 0 Å². The molecule has 2 atom stereocenters. The molecule has 0 aromatic heterocycles. The van der Waals surface area contributed by atoms with Gasteiger partial charge in [0.05, 0.1) is 6.10 Å². The maximum Gasteiger partial charge on any atom is 0.242 e. The molecule has 0 aliphatic heterocycles. The standard InChI is InChI=1S/C18H25FN2O3/c1-12(21-18(24)14-5-3-2-4-6-14)17(23)20-11-16(22)13-7-9-15(19)10-8-13/h7-10,12,14,16,22H,2-6,11H2,1H3,(H,20,23)(H,21,24). The van der Waals surface area contributed by atoms with E-state index in [9.17, 15) is 19.1 Å². The average molecular weight is 336 g/mol. The van der Waals surface area contributed by atoms with E-state index in [0.29, 0.717) is 5.56 Å². The molecule has 0 radical (unpaired) electrons. The predicted octanol–water partition coefficient (Wildman–Crippen LogP) is 2.06. The lowest BCUT2D eigenvalue weighted by atomic mass is 9.88. The zero-order chi connectivity index (χ0) is 17.5. The first-order valence-corrected chi connectivity index (χ1v) is 8.49. The second kappa shape index (κ2) is 8.78. The Morgan fingerprint density at radius 2 is 1.83 bits per heavy atom. The Bertz CT molecular complexity index is 556. The van der Waals surface area contributed by atoms with Gasteiger partial charge in [-0.2, -0.15) is 0 Å². The third-order valence-corrected chi connectivity index (χ3v) is 4.45. The topological polar surface area (TPSA) is 78.4 Å². The van der Waals surface area contributed by atoms with Crippen molar-refractivity contribution < 1.29 is 19.1 Å². The molecule has 3 N–H and O–H groups in total. The Hall–Kier alpha value is -1.95. The summed E-state index contributed by atoms with van der Waals surface area (Å²) in [6, 6.07) is 4.81. The predicted molar refractivity (Wildman–Crippen MR) is 88.5 cm³/mol. The van der Waals surface area contributed by atoms with Gasteiger partial charge in [0.1, 0.15) is 11.9 Å². The monoisotopic (exact) mass is 336 g/mol. The molecular formula is C18H25FN2O3. The molecule has 132 valence electrons. The van der Waals surface area contributed by atoms with Gasteiger partial charge in [-0.25, -0.2) is 4.39 Å². The van der Waals surface area contributed by atoms with Crippen LogP contribution in [0.15, 0.2) is 24.3 Å². The van der Waals surface area contributed by atoms with Gasteiger partial charge in [0, 0.05) is 12.5 Å². The summed E-state index contributed by atoms with van der Waals surface area (Å²) in [6.45, 7) is 1.63. The Morgan fingerprint density at radius 1 is 1.21 bits per heavy atom. The number of carbonyl (C=O) groups is 2. The largest absolute Gasteiger partial charge is 0.387 e. The van der Waals surface area contributed by atoms with E-state index in [1.807, 2.05) is 0 Å². The van der Waals surface area contributed by atoms with Gasteiger partial charge in [-0.1, -0.05) is 31.4 Å². The van der Waals surface area contributed by atoms with E-state index in [2.05, 4.69) is 10.6 Å². The van der Waals surface area contributed by atoms with Gasteiger partial charge in [0.2, 0.25) is 11.8 Å². The third kappa shape index (κ3) is 5.30. The minimum Gasteiger partial charge on any atom is -0.387 e. The van der Waals surface area contributed by atoms with Crippen LogP contribution in [0, 0.1) is 11.7 Å². The van der Waals surface area contributed by atoms with E-state index in [-0.39, 0.29) is 30.1 Å². The van der Waals surface area contributed by atoms with Gasteiger partial charge in [-0.3, -0.25) is 9.59 Å². The summed E-state index contributed by atoms with van der Waals surface area (Å²) in [6.07, 6.45) is 4.12. The average Bonchev–Trinajstić information content (AvgIpc) is 2.60. The van der Waals surface area contributed by atoms with Gasteiger partial charge in [0.25, 0.3) is 0 Å². The van der Waals surface area contributed by atoms with Crippen molar-refractivity contribution in [1.29, 1.82) is 0 Å². The fraction of sp³-hybridized carbons (Fsp3) is 0.556. The van der Waals surface area contributed by atoms with Crippen molar-refractivity contribution in [2.24, 2.45) is 5.92 Å². The normalized spacial score (nSPS) is 17.8. The van der Waals surface area contributed by atoms with E-state index in [4.69, 9.17) is 0 Å². The number of nitrogens with one attached hydrogen (secondary N) is 2. The van der Waals surface area contributed by atoms with E-state index in [1.165, 1.54) is 30.7 Å². The molecule has 2 rings (SSSR count). The molecule has 6 heteroatoms. The highest BCUT2D eigenvalue weighted by molar-refractivity contribution is 5.88. The summed E-state index contributed by atoms with van der Waals surface area (Å²) in [5.74, 6) is -0.801. The van der Waals surface area contributed by atoms with Crippen LogP contribution in [0.1, 0.15) is 50.7 Å². The minimum absolute atomic E-state index is 0.00111. The number of halogens is 1. The Labute approximate surface area is 141 Å². The number of aliphatic hydroxyl groups excluding tert-OH is 1. The van der Waals surface area contributed by atoms with Crippen molar-refractivity contribution in [3.63, 3.8) is 0 Å². The van der Waals surface area contributed by atoms with Gasteiger partial charge in [-0.15, -0.1) is 0 Å².